The Balaban J connectivity index is 1.21. The third-order valence-corrected chi connectivity index (χ3v) is 6.22. The highest BCUT2D eigenvalue weighted by molar-refractivity contribution is 5.99. The number of carbonyl (C=O) groups is 1. The van der Waals surface area contributed by atoms with Crippen molar-refractivity contribution < 1.29 is 13.6 Å². The summed E-state index contributed by atoms with van der Waals surface area (Å²) >= 11 is 0. The minimum Gasteiger partial charge on any atom is -0.351 e. The van der Waals surface area contributed by atoms with E-state index < -0.39 is 18.3 Å². The number of hydrogen-bond donors (Lipinski definition) is 3. The highest BCUT2D eigenvalue weighted by Gasteiger charge is 2.36. The first-order valence-corrected chi connectivity index (χ1v) is 11.4. The number of benzene rings is 2. The fourth-order valence-electron chi connectivity index (χ4n) is 4.31. The summed E-state index contributed by atoms with van der Waals surface area (Å²) in [4.78, 5) is 26.0. The lowest BCUT2D eigenvalue weighted by molar-refractivity contribution is 0.0774. The topological polar surface area (TPSA) is 103 Å². The Bertz CT molecular complexity index is 1520. The molecule has 180 valence electrons. The van der Waals surface area contributed by atoms with Crippen molar-refractivity contribution in [1.29, 1.82) is 0 Å². The van der Waals surface area contributed by atoms with Gasteiger partial charge in [0, 0.05) is 40.1 Å². The van der Waals surface area contributed by atoms with Gasteiger partial charge in [-0.1, -0.05) is 24.3 Å². The molecule has 4 heterocycles. The van der Waals surface area contributed by atoms with Crippen LogP contribution in [0.1, 0.15) is 10.5 Å². The summed E-state index contributed by atoms with van der Waals surface area (Å²) in [5.74, 6) is 0.727. The molecular formula is C26H21F2N7O. The minimum absolute atomic E-state index is 0.236. The smallest absolute Gasteiger partial charge is 0.270 e. The van der Waals surface area contributed by atoms with Gasteiger partial charge >= 0.3 is 0 Å². The first kappa shape index (κ1) is 21.9. The average molecular weight is 485 g/mol. The zero-order chi connectivity index (χ0) is 24.6. The van der Waals surface area contributed by atoms with Gasteiger partial charge in [-0.15, -0.1) is 0 Å². The maximum absolute atomic E-state index is 13.5. The lowest BCUT2D eigenvalue weighted by atomic mass is 10.1. The van der Waals surface area contributed by atoms with E-state index in [1.165, 1.54) is 4.90 Å². The number of H-pyrrole nitrogens is 2. The molecule has 0 aliphatic carbocycles. The van der Waals surface area contributed by atoms with Crippen molar-refractivity contribution in [3.63, 3.8) is 0 Å². The van der Waals surface area contributed by atoms with Gasteiger partial charge in [-0.05, 0) is 35.9 Å². The molecule has 3 N–H and O–H groups in total. The summed E-state index contributed by atoms with van der Waals surface area (Å²) in [6.07, 6.45) is 2.00. The Kier molecular flexibility index (Phi) is 5.40. The lowest BCUT2D eigenvalue weighted by Gasteiger charge is -2.13. The van der Waals surface area contributed by atoms with Gasteiger partial charge < -0.3 is 15.2 Å². The quantitative estimate of drug-likeness (QED) is 0.329. The van der Waals surface area contributed by atoms with Gasteiger partial charge in [-0.25, -0.2) is 18.7 Å². The number of aromatic amines is 2. The summed E-state index contributed by atoms with van der Waals surface area (Å²) in [6.45, 7) is -0.472. The number of amides is 1. The first-order valence-electron chi connectivity index (χ1n) is 11.4. The molecule has 0 spiro atoms. The van der Waals surface area contributed by atoms with E-state index in [0.29, 0.717) is 22.9 Å². The molecule has 36 heavy (non-hydrogen) atoms. The molecule has 1 amide bonds. The maximum Gasteiger partial charge on any atom is 0.270 e. The lowest BCUT2D eigenvalue weighted by Crippen LogP contribution is -2.29. The van der Waals surface area contributed by atoms with Crippen LogP contribution in [0.5, 0.6) is 0 Å². The second kappa shape index (κ2) is 8.88. The summed E-state index contributed by atoms with van der Waals surface area (Å²) in [6, 6.07) is 17.0. The minimum atomic E-state index is -1.64. The fourth-order valence-corrected chi connectivity index (χ4v) is 4.31. The van der Waals surface area contributed by atoms with Crippen LogP contribution in [0, 0.1) is 0 Å². The summed E-state index contributed by atoms with van der Waals surface area (Å²) < 4.78 is 27.1. The van der Waals surface area contributed by atoms with Crippen LogP contribution in [0.3, 0.4) is 0 Å². The Morgan fingerprint density at radius 1 is 0.972 bits per heavy atom. The Hall–Kier alpha value is -4.60. The van der Waals surface area contributed by atoms with E-state index in [0.717, 1.165) is 27.8 Å². The van der Waals surface area contributed by atoms with E-state index in [4.69, 9.17) is 0 Å². The molecule has 5 aromatic rings. The van der Waals surface area contributed by atoms with Crippen LogP contribution in [0.2, 0.25) is 0 Å². The molecule has 0 unspecified atom stereocenters. The number of anilines is 2. The molecule has 6 rings (SSSR count). The highest BCUT2D eigenvalue weighted by Crippen LogP contribution is 2.26. The molecule has 0 radical (unpaired) electrons. The Morgan fingerprint density at radius 2 is 1.75 bits per heavy atom. The number of carbonyl (C=O) groups excluding carboxylic acids is 1. The molecular weight excluding hydrogens is 464 g/mol. The van der Waals surface area contributed by atoms with Gasteiger partial charge in [0.25, 0.3) is 5.91 Å². The van der Waals surface area contributed by atoms with Crippen LogP contribution >= 0.6 is 0 Å². The standard InChI is InChI=1S/C26H21F2N7O/c27-20-13-35(14-21(20)28)26(36)23-9-16-1-2-17(10-22(16)33-23)25-29-8-7-24(34-25)32-19-5-3-15(4-6-19)18-11-30-31-12-18/h1-12,20-21,33H,13-14H2,(H,30,31)(H,29,32,34)/t20-,21+. The van der Waals surface area contributed by atoms with Gasteiger partial charge in [-0.3, -0.25) is 9.89 Å². The van der Waals surface area contributed by atoms with Crippen LogP contribution < -0.4 is 5.32 Å². The Labute approximate surface area is 204 Å². The van der Waals surface area contributed by atoms with Crippen molar-refractivity contribution in [2.45, 2.75) is 12.3 Å². The fraction of sp³-hybridized carbons (Fsp3) is 0.154. The zero-order valence-electron chi connectivity index (χ0n) is 19.0. The third-order valence-electron chi connectivity index (χ3n) is 6.22. The van der Waals surface area contributed by atoms with Gasteiger partial charge in [0.15, 0.2) is 18.2 Å². The largest absolute Gasteiger partial charge is 0.351 e. The van der Waals surface area contributed by atoms with Crippen molar-refractivity contribution in [3.05, 3.63) is 78.9 Å². The van der Waals surface area contributed by atoms with Crippen LogP contribution in [0.4, 0.5) is 20.3 Å². The molecule has 0 bridgehead atoms. The summed E-state index contributed by atoms with van der Waals surface area (Å²) in [7, 11) is 0. The maximum atomic E-state index is 13.5. The number of alkyl halides is 2. The SMILES string of the molecule is O=C(c1cc2ccc(-c3nccc(Nc4ccc(-c5cn[nH]c5)cc4)n3)cc2[nH]1)N1C[C@@H](F)[C@@H](F)C1. The first-order chi connectivity index (χ1) is 17.5. The summed E-state index contributed by atoms with van der Waals surface area (Å²) in [5.41, 5.74) is 4.70. The van der Waals surface area contributed by atoms with Crippen LogP contribution in [0.25, 0.3) is 33.4 Å². The predicted octanol–water partition coefficient (Wildman–Crippen LogP) is 4.89. The van der Waals surface area contributed by atoms with Gasteiger partial charge in [0.05, 0.1) is 19.3 Å². The van der Waals surface area contributed by atoms with E-state index >= 15 is 0 Å². The van der Waals surface area contributed by atoms with E-state index in [9.17, 15) is 13.6 Å². The van der Waals surface area contributed by atoms with Gasteiger partial charge in [0.2, 0.25) is 0 Å². The second-order valence-corrected chi connectivity index (χ2v) is 8.68. The predicted molar refractivity (Wildman–Crippen MR) is 132 cm³/mol. The van der Waals surface area contributed by atoms with Crippen molar-refractivity contribution in [3.8, 4) is 22.5 Å². The van der Waals surface area contributed by atoms with E-state index in [2.05, 4.69) is 30.5 Å². The number of aromatic nitrogens is 5. The van der Waals surface area contributed by atoms with Crippen LogP contribution in [-0.2, 0) is 0 Å². The van der Waals surface area contributed by atoms with Crippen molar-refractivity contribution in [1.82, 2.24) is 30.0 Å². The molecule has 1 fully saturated rings. The van der Waals surface area contributed by atoms with E-state index in [1.54, 1.807) is 24.5 Å². The van der Waals surface area contributed by atoms with E-state index in [1.807, 2.05) is 48.7 Å². The molecule has 10 heteroatoms. The molecule has 0 saturated carbocycles. The highest BCUT2D eigenvalue weighted by atomic mass is 19.2. The number of likely N-dealkylation sites (tertiary alicyclic amines) is 1. The number of fused-ring (bicyclic) bond motifs is 1. The molecule has 1 saturated heterocycles. The van der Waals surface area contributed by atoms with Gasteiger partial charge in [0.1, 0.15) is 11.5 Å². The van der Waals surface area contributed by atoms with Crippen molar-refractivity contribution in [2.75, 3.05) is 18.4 Å². The number of nitrogens with one attached hydrogen (secondary N) is 3. The van der Waals surface area contributed by atoms with Crippen LogP contribution in [-0.4, -0.2) is 61.4 Å². The molecule has 2 atom stereocenters. The normalized spacial score (nSPS) is 17.6. The van der Waals surface area contributed by atoms with Crippen LogP contribution in [0.15, 0.2) is 73.2 Å². The number of nitrogens with zero attached hydrogens (tertiary/aromatic N) is 4. The number of rotatable bonds is 5. The number of hydrogen-bond acceptors (Lipinski definition) is 5. The Morgan fingerprint density at radius 3 is 2.50 bits per heavy atom. The van der Waals surface area contributed by atoms with Gasteiger partial charge in [-0.2, -0.15) is 5.10 Å². The zero-order valence-corrected chi connectivity index (χ0v) is 19.0. The van der Waals surface area contributed by atoms with Crippen molar-refractivity contribution >= 4 is 28.3 Å². The molecule has 2 aromatic carbocycles. The molecule has 8 nitrogen and oxygen atoms in total. The molecule has 3 aromatic heterocycles. The average Bonchev–Trinajstić information content (AvgIpc) is 3.64. The monoisotopic (exact) mass is 485 g/mol. The molecule has 1 aliphatic heterocycles. The second-order valence-electron chi connectivity index (χ2n) is 8.68. The number of halogens is 2. The van der Waals surface area contributed by atoms with E-state index in [-0.39, 0.29) is 13.1 Å². The molecule has 1 aliphatic rings. The summed E-state index contributed by atoms with van der Waals surface area (Å²) in [5, 5.41) is 10.9. The third kappa shape index (κ3) is 4.17. The van der Waals surface area contributed by atoms with Crippen molar-refractivity contribution in [2.24, 2.45) is 0 Å².